The Morgan fingerprint density at radius 1 is 1.00 bits per heavy atom. The zero-order chi connectivity index (χ0) is 24.6. The first-order chi connectivity index (χ1) is 17.0. The number of hydrogen-bond donors (Lipinski definition) is 1. The second-order valence-corrected chi connectivity index (χ2v) is 8.51. The van der Waals surface area contributed by atoms with Crippen molar-refractivity contribution < 1.29 is 19.2 Å². The molecule has 1 amide bonds. The minimum Gasteiger partial charge on any atom is -0.493 e. The number of non-ortho nitro benzene ring substituents is 1. The molecule has 3 aromatic carbocycles. The van der Waals surface area contributed by atoms with E-state index in [1.165, 1.54) is 12.1 Å². The molecule has 8 nitrogen and oxygen atoms in total. The van der Waals surface area contributed by atoms with E-state index < -0.39 is 4.92 Å². The van der Waals surface area contributed by atoms with Gasteiger partial charge in [-0.1, -0.05) is 24.3 Å². The Bertz CT molecular complexity index is 1140. The fourth-order valence-corrected chi connectivity index (χ4v) is 4.13. The molecule has 0 aromatic heterocycles. The second-order valence-electron chi connectivity index (χ2n) is 8.51. The molecule has 0 bridgehead atoms. The molecule has 3 aromatic rings. The normalized spacial score (nSPS) is 13.9. The van der Waals surface area contributed by atoms with Crippen LogP contribution in [0.5, 0.6) is 11.5 Å². The van der Waals surface area contributed by atoms with Gasteiger partial charge in [-0.2, -0.15) is 0 Å². The van der Waals surface area contributed by atoms with Crippen LogP contribution in [0.3, 0.4) is 0 Å². The summed E-state index contributed by atoms with van der Waals surface area (Å²) < 4.78 is 11.4. The third-order valence-electron chi connectivity index (χ3n) is 6.17. The van der Waals surface area contributed by atoms with Crippen LogP contribution in [0.2, 0.25) is 0 Å². The van der Waals surface area contributed by atoms with Crippen molar-refractivity contribution in [3.05, 3.63) is 99.6 Å². The quantitative estimate of drug-likeness (QED) is 0.360. The molecule has 1 aliphatic rings. The topological polar surface area (TPSA) is 93.9 Å². The Morgan fingerprint density at radius 3 is 2.34 bits per heavy atom. The molecular formula is C27H29N3O5. The van der Waals surface area contributed by atoms with Gasteiger partial charge in [-0.25, -0.2) is 0 Å². The number of hydrogen-bond acceptors (Lipinski definition) is 6. The van der Waals surface area contributed by atoms with E-state index in [0.29, 0.717) is 24.1 Å². The average molecular weight is 476 g/mol. The molecule has 1 aliphatic heterocycles. The summed E-state index contributed by atoms with van der Waals surface area (Å²) in [4.78, 5) is 24.9. The summed E-state index contributed by atoms with van der Waals surface area (Å²) in [6.07, 6.45) is 1.82. The van der Waals surface area contributed by atoms with Crippen LogP contribution in [0.25, 0.3) is 0 Å². The molecule has 0 radical (unpaired) electrons. The summed E-state index contributed by atoms with van der Waals surface area (Å²) in [5, 5.41) is 14.4. The van der Waals surface area contributed by atoms with Crippen LogP contribution in [-0.2, 0) is 13.2 Å². The van der Waals surface area contributed by atoms with Crippen molar-refractivity contribution in [3.8, 4) is 11.5 Å². The molecule has 0 atom stereocenters. The van der Waals surface area contributed by atoms with Gasteiger partial charge >= 0.3 is 0 Å². The minimum absolute atomic E-state index is 0.0525. The van der Waals surface area contributed by atoms with Crippen molar-refractivity contribution in [2.45, 2.75) is 32.0 Å². The predicted molar refractivity (Wildman–Crippen MR) is 133 cm³/mol. The number of nitrogens with one attached hydrogen (secondary N) is 1. The molecular weight excluding hydrogens is 446 g/mol. The van der Waals surface area contributed by atoms with Crippen LogP contribution >= 0.6 is 0 Å². The maximum absolute atomic E-state index is 12.6. The minimum atomic E-state index is -0.423. The molecule has 0 spiro atoms. The van der Waals surface area contributed by atoms with Crippen molar-refractivity contribution >= 4 is 11.6 Å². The number of nitrogens with zero attached hydrogens (tertiary/aromatic N) is 2. The lowest BCUT2D eigenvalue weighted by molar-refractivity contribution is -0.384. The number of nitro benzene ring substituents is 1. The first-order valence-corrected chi connectivity index (χ1v) is 11.6. The molecule has 35 heavy (non-hydrogen) atoms. The smallest absolute Gasteiger partial charge is 0.269 e. The highest BCUT2D eigenvalue weighted by atomic mass is 16.6. The fraction of sp³-hybridized carbons (Fsp3) is 0.296. The summed E-state index contributed by atoms with van der Waals surface area (Å²) >= 11 is 0. The highest BCUT2D eigenvalue weighted by Gasteiger charge is 2.23. The third kappa shape index (κ3) is 6.36. The molecule has 8 heteroatoms. The Morgan fingerprint density at radius 2 is 1.69 bits per heavy atom. The number of carbonyl (C=O) groups is 1. The zero-order valence-corrected chi connectivity index (χ0v) is 19.7. The van der Waals surface area contributed by atoms with E-state index in [-0.39, 0.29) is 18.2 Å². The number of ether oxygens (including phenoxy) is 2. The molecule has 1 heterocycles. The highest BCUT2D eigenvalue weighted by Crippen LogP contribution is 2.29. The molecule has 182 valence electrons. The van der Waals surface area contributed by atoms with E-state index in [9.17, 15) is 14.9 Å². The van der Waals surface area contributed by atoms with Crippen LogP contribution in [0, 0.1) is 10.1 Å². The maximum Gasteiger partial charge on any atom is 0.269 e. The highest BCUT2D eigenvalue weighted by molar-refractivity contribution is 5.94. The lowest BCUT2D eigenvalue weighted by Crippen LogP contribution is -2.44. The maximum atomic E-state index is 12.6. The number of likely N-dealkylation sites (tertiary alicyclic amines) is 1. The van der Waals surface area contributed by atoms with Crippen molar-refractivity contribution in [1.29, 1.82) is 0 Å². The van der Waals surface area contributed by atoms with Gasteiger partial charge in [0.2, 0.25) is 0 Å². The lowest BCUT2D eigenvalue weighted by atomic mass is 10.0. The molecule has 4 rings (SSSR count). The zero-order valence-electron chi connectivity index (χ0n) is 19.7. The summed E-state index contributed by atoms with van der Waals surface area (Å²) in [5.41, 5.74) is 2.70. The van der Waals surface area contributed by atoms with Gasteiger partial charge in [-0.05, 0) is 60.4 Å². The molecule has 1 N–H and O–H groups in total. The lowest BCUT2D eigenvalue weighted by Gasteiger charge is -2.32. The Kier molecular flexibility index (Phi) is 7.95. The van der Waals surface area contributed by atoms with Crippen molar-refractivity contribution in [1.82, 2.24) is 10.2 Å². The Balaban J connectivity index is 1.26. The molecule has 0 saturated carbocycles. The van der Waals surface area contributed by atoms with Gasteiger partial charge in [-0.3, -0.25) is 14.9 Å². The van der Waals surface area contributed by atoms with Crippen LogP contribution in [-0.4, -0.2) is 42.0 Å². The van der Waals surface area contributed by atoms with Gasteiger partial charge in [-0.15, -0.1) is 0 Å². The summed E-state index contributed by atoms with van der Waals surface area (Å²) in [5.74, 6) is 1.34. The molecule has 0 aliphatic carbocycles. The number of piperidine rings is 1. The van der Waals surface area contributed by atoms with E-state index in [1.807, 2.05) is 53.4 Å². The van der Waals surface area contributed by atoms with E-state index in [0.717, 1.165) is 42.6 Å². The van der Waals surface area contributed by atoms with Crippen LogP contribution in [0.1, 0.15) is 34.3 Å². The number of amides is 1. The number of nitro groups is 1. The Labute approximate surface area is 204 Å². The van der Waals surface area contributed by atoms with Crippen LogP contribution in [0.15, 0.2) is 72.8 Å². The van der Waals surface area contributed by atoms with E-state index in [1.54, 1.807) is 19.2 Å². The van der Waals surface area contributed by atoms with Crippen LogP contribution < -0.4 is 14.8 Å². The number of rotatable bonds is 9. The van der Waals surface area contributed by atoms with Gasteiger partial charge in [0.15, 0.2) is 11.5 Å². The van der Waals surface area contributed by atoms with Gasteiger partial charge < -0.3 is 19.7 Å². The van der Waals surface area contributed by atoms with Gasteiger partial charge in [0.05, 0.1) is 12.0 Å². The third-order valence-corrected chi connectivity index (χ3v) is 6.17. The number of carbonyl (C=O) groups excluding carboxylic acids is 1. The average Bonchev–Trinajstić information content (AvgIpc) is 2.91. The molecule has 1 fully saturated rings. The summed E-state index contributed by atoms with van der Waals surface area (Å²) in [7, 11) is 1.60. The summed E-state index contributed by atoms with van der Waals surface area (Å²) in [6, 6.07) is 21.9. The van der Waals surface area contributed by atoms with Gasteiger partial charge in [0.1, 0.15) is 6.61 Å². The standard InChI is InChI=1S/C27H29N3O5/c1-34-26-17-21(9-12-25(26)35-19-20-7-10-24(11-8-20)30(32)33)18-28-23-13-15-29(16-14-23)27(31)22-5-3-2-4-6-22/h2-12,17,23,28H,13-16,18-19H2,1H3. The molecule has 0 unspecified atom stereocenters. The molecule has 1 saturated heterocycles. The van der Waals surface area contributed by atoms with E-state index >= 15 is 0 Å². The van der Waals surface area contributed by atoms with Crippen molar-refractivity contribution in [2.75, 3.05) is 20.2 Å². The van der Waals surface area contributed by atoms with Crippen LogP contribution in [0.4, 0.5) is 5.69 Å². The first-order valence-electron chi connectivity index (χ1n) is 11.6. The first kappa shape index (κ1) is 24.2. The van der Waals surface area contributed by atoms with Gasteiger partial charge in [0, 0.05) is 43.4 Å². The number of benzene rings is 3. The monoisotopic (exact) mass is 475 g/mol. The van der Waals surface area contributed by atoms with E-state index in [2.05, 4.69) is 5.32 Å². The Hall–Kier alpha value is -3.91. The van der Waals surface area contributed by atoms with E-state index in [4.69, 9.17) is 9.47 Å². The fourth-order valence-electron chi connectivity index (χ4n) is 4.13. The van der Waals surface area contributed by atoms with Gasteiger partial charge in [0.25, 0.3) is 11.6 Å². The SMILES string of the molecule is COc1cc(CNC2CCN(C(=O)c3ccccc3)CC2)ccc1OCc1ccc([N+](=O)[O-])cc1. The second kappa shape index (κ2) is 11.5. The summed E-state index contributed by atoms with van der Waals surface area (Å²) in [6.45, 7) is 2.46. The largest absolute Gasteiger partial charge is 0.493 e. The van der Waals surface area contributed by atoms with Crippen molar-refractivity contribution in [3.63, 3.8) is 0 Å². The number of methoxy groups -OCH3 is 1. The predicted octanol–water partition coefficient (Wildman–Crippen LogP) is 4.58. The van der Waals surface area contributed by atoms with Crippen molar-refractivity contribution in [2.24, 2.45) is 0 Å².